The maximum atomic E-state index is 4.53. The molecule has 0 spiro atoms. The van der Waals surface area contributed by atoms with Crippen molar-refractivity contribution in [2.24, 2.45) is 0 Å². The van der Waals surface area contributed by atoms with Crippen LogP contribution in [0.1, 0.15) is 24.3 Å². The number of rotatable bonds is 2. The van der Waals surface area contributed by atoms with Gasteiger partial charge < -0.3 is 0 Å². The Morgan fingerprint density at radius 3 is 2.57 bits per heavy atom. The summed E-state index contributed by atoms with van der Waals surface area (Å²) in [5, 5.41) is 1.31. The van der Waals surface area contributed by atoms with Crippen molar-refractivity contribution >= 4 is 34.1 Å². The highest BCUT2D eigenvalue weighted by Gasteiger charge is 2.04. The van der Waals surface area contributed by atoms with E-state index in [0.717, 1.165) is 17.7 Å². The van der Waals surface area contributed by atoms with Crippen molar-refractivity contribution in [1.82, 2.24) is 0 Å². The molecule has 1 aromatic carbocycles. The summed E-state index contributed by atoms with van der Waals surface area (Å²) >= 11 is 6.42. The number of hydrogen-bond donors (Lipinski definition) is 1. The molecule has 2 rings (SSSR count). The van der Waals surface area contributed by atoms with Crippen LogP contribution >= 0.6 is 24.0 Å². The van der Waals surface area contributed by atoms with E-state index in [1.165, 1.54) is 20.5 Å². The predicted octanol–water partition coefficient (Wildman–Crippen LogP) is 4.31. The van der Waals surface area contributed by atoms with Gasteiger partial charge in [0.1, 0.15) is 0 Å². The highest BCUT2D eigenvalue weighted by Crippen LogP contribution is 2.32. The summed E-state index contributed by atoms with van der Waals surface area (Å²) in [6.45, 7) is 4.38. The molecule has 14 heavy (non-hydrogen) atoms. The van der Waals surface area contributed by atoms with E-state index in [9.17, 15) is 0 Å². The SMILES string of the molecule is CCc1cc(S)c2cc(CC)sc2c1. The standard InChI is InChI=1S/C12H14S2/c1-3-8-5-11(13)10-7-9(4-2)14-12(10)6-8/h5-7,13H,3-4H2,1-2H3. The molecule has 0 N–H and O–H groups in total. The molecule has 0 bridgehead atoms. The Kier molecular flexibility index (Phi) is 2.84. The molecule has 1 heterocycles. The highest BCUT2D eigenvalue weighted by molar-refractivity contribution is 7.80. The van der Waals surface area contributed by atoms with Crippen LogP contribution in [0, 0.1) is 0 Å². The van der Waals surface area contributed by atoms with Crippen LogP contribution in [-0.4, -0.2) is 0 Å². The lowest BCUT2D eigenvalue weighted by molar-refractivity contribution is 1.14. The van der Waals surface area contributed by atoms with Crippen LogP contribution in [0.5, 0.6) is 0 Å². The molecular weight excluding hydrogens is 208 g/mol. The fourth-order valence-corrected chi connectivity index (χ4v) is 3.13. The molecule has 0 fully saturated rings. The van der Waals surface area contributed by atoms with Crippen LogP contribution in [0.25, 0.3) is 10.1 Å². The normalized spacial score (nSPS) is 11.1. The molecule has 0 nitrogen and oxygen atoms in total. The molecule has 2 aromatic rings. The van der Waals surface area contributed by atoms with E-state index in [1.807, 2.05) is 11.3 Å². The van der Waals surface area contributed by atoms with Crippen molar-refractivity contribution < 1.29 is 0 Å². The lowest BCUT2D eigenvalue weighted by atomic mass is 10.1. The first kappa shape index (κ1) is 10.1. The molecule has 0 radical (unpaired) electrons. The molecule has 0 saturated carbocycles. The van der Waals surface area contributed by atoms with E-state index < -0.39 is 0 Å². The summed E-state index contributed by atoms with van der Waals surface area (Å²) < 4.78 is 1.38. The number of aryl methyl sites for hydroxylation is 2. The molecule has 0 saturated heterocycles. The van der Waals surface area contributed by atoms with Crippen molar-refractivity contribution in [2.75, 3.05) is 0 Å². The van der Waals surface area contributed by atoms with Gasteiger partial charge in [0.15, 0.2) is 0 Å². The summed E-state index contributed by atoms with van der Waals surface area (Å²) in [4.78, 5) is 2.57. The molecule has 0 unspecified atom stereocenters. The molecule has 0 aliphatic heterocycles. The first-order valence-corrected chi connectivity index (χ1v) is 6.25. The van der Waals surface area contributed by atoms with E-state index in [2.05, 4.69) is 44.7 Å². The van der Waals surface area contributed by atoms with Crippen molar-refractivity contribution in [3.05, 3.63) is 28.6 Å². The topological polar surface area (TPSA) is 0 Å². The number of thiol groups is 1. The van der Waals surface area contributed by atoms with Gasteiger partial charge in [-0.3, -0.25) is 0 Å². The third-order valence-electron chi connectivity index (χ3n) is 2.48. The first-order valence-electron chi connectivity index (χ1n) is 4.99. The van der Waals surface area contributed by atoms with Gasteiger partial charge in [0.2, 0.25) is 0 Å². The predicted molar refractivity (Wildman–Crippen MR) is 67.8 cm³/mol. The Bertz CT molecular complexity index is 455. The Hall–Kier alpha value is -0.470. The van der Waals surface area contributed by atoms with Gasteiger partial charge in [-0.15, -0.1) is 24.0 Å². The average Bonchev–Trinajstić information content (AvgIpc) is 2.61. The van der Waals surface area contributed by atoms with Crippen molar-refractivity contribution in [3.63, 3.8) is 0 Å². The van der Waals surface area contributed by atoms with Gasteiger partial charge in [-0.1, -0.05) is 13.8 Å². The number of benzene rings is 1. The fourth-order valence-electron chi connectivity index (χ4n) is 1.61. The summed E-state index contributed by atoms with van der Waals surface area (Å²) in [6.07, 6.45) is 2.21. The largest absolute Gasteiger partial charge is 0.143 e. The molecule has 0 aliphatic carbocycles. The van der Waals surface area contributed by atoms with Crippen molar-refractivity contribution in [1.29, 1.82) is 0 Å². The van der Waals surface area contributed by atoms with Gasteiger partial charge in [0.05, 0.1) is 0 Å². The summed E-state index contributed by atoms with van der Waals surface area (Å²) in [6, 6.07) is 6.73. The second-order valence-electron chi connectivity index (χ2n) is 3.45. The Morgan fingerprint density at radius 2 is 1.93 bits per heavy atom. The van der Waals surface area contributed by atoms with Gasteiger partial charge in [-0.05, 0) is 36.6 Å². The number of hydrogen-bond acceptors (Lipinski definition) is 2. The smallest absolute Gasteiger partial charge is 0.0359 e. The van der Waals surface area contributed by atoms with Crippen molar-refractivity contribution in [2.45, 2.75) is 31.6 Å². The van der Waals surface area contributed by atoms with Gasteiger partial charge in [0, 0.05) is 19.9 Å². The zero-order valence-corrected chi connectivity index (χ0v) is 10.2. The van der Waals surface area contributed by atoms with E-state index in [-0.39, 0.29) is 0 Å². The van der Waals surface area contributed by atoms with E-state index in [0.29, 0.717) is 0 Å². The molecule has 1 aromatic heterocycles. The van der Waals surface area contributed by atoms with Crippen molar-refractivity contribution in [3.8, 4) is 0 Å². The zero-order valence-electron chi connectivity index (χ0n) is 8.50. The van der Waals surface area contributed by atoms with E-state index >= 15 is 0 Å². The lowest BCUT2D eigenvalue weighted by Crippen LogP contribution is -1.79. The van der Waals surface area contributed by atoms with Crippen LogP contribution in [0.15, 0.2) is 23.1 Å². The van der Waals surface area contributed by atoms with Crippen LogP contribution in [0.4, 0.5) is 0 Å². The van der Waals surface area contributed by atoms with Gasteiger partial charge in [-0.2, -0.15) is 0 Å². The minimum atomic E-state index is 1.09. The number of fused-ring (bicyclic) bond motifs is 1. The molecule has 2 heteroatoms. The Balaban J connectivity index is 2.67. The minimum absolute atomic E-state index is 1.09. The quantitative estimate of drug-likeness (QED) is 0.719. The third kappa shape index (κ3) is 1.69. The van der Waals surface area contributed by atoms with Gasteiger partial charge in [-0.25, -0.2) is 0 Å². The van der Waals surface area contributed by atoms with E-state index in [4.69, 9.17) is 0 Å². The molecule has 0 amide bonds. The zero-order chi connectivity index (χ0) is 10.1. The fraction of sp³-hybridized carbons (Fsp3) is 0.333. The Labute approximate surface area is 94.4 Å². The molecule has 0 atom stereocenters. The number of thiophene rings is 1. The van der Waals surface area contributed by atoms with Gasteiger partial charge in [0.25, 0.3) is 0 Å². The summed E-state index contributed by atoms with van der Waals surface area (Å²) in [5.74, 6) is 0. The Morgan fingerprint density at radius 1 is 1.14 bits per heavy atom. The van der Waals surface area contributed by atoms with Crippen LogP contribution in [0.2, 0.25) is 0 Å². The molecule has 0 aliphatic rings. The van der Waals surface area contributed by atoms with Crippen LogP contribution < -0.4 is 0 Å². The summed E-state index contributed by atoms with van der Waals surface area (Å²) in [5.41, 5.74) is 1.38. The molecular formula is C12H14S2. The maximum absolute atomic E-state index is 4.53. The highest BCUT2D eigenvalue weighted by atomic mass is 32.1. The van der Waals surface area contributed by atoms with Crippen LogP contribution in [0.3, 0.4) is 0 Å². The average molecular weight is 222 g/mol. The second-order valence-corrected chi connectivity index (χ2v) is 5.10. The first-order chi connectivity index (χ1) is 6.74. The minimum Gasteiger partial charge on any atom is -0.143 e. The second kappa shape index (κ2) is 3.95. The monoisotopic (exact) mass is 222 g/mol. The third-order valence-corrected chi connectivity index (χ3v) is 4.08. The molecule has 74 valence electrons. The van der Waals surface area contributed by atoms with Gasteiger partial charge >= 0.3 is 0 Å². The summed E-state index contributed by atoms with van der Waals surface area (Å²) in [7, 11) is 0. The van der Waals surface area contributed by atoms with Crippen LogP contribution in [-0.2, 0) is 12.8 Å². The van der Waals surface area contributed by atoms with E-state index in [1.54, 1.807) is 0 Å². The lowest BCUT2D eigenvalue weighted by Gasteiger charge is -1.99. The maximum Gasteiger partial charge on any atom is 0.0359 e.